The van der Waals surface area contributed by atoms with E-state index in [2.05, 4.69) is 6.58 Å². The van der Waals surface area contributed by atoms with Gasteiger partial charge < -0.3 is 17.2 Å². The Balaban J connectivity index is 4.65. The minimum absolute atomic E-state index is 0.0440. The fraction of sp³-hybridized carbons (Fsp3) is 0.333. The molecule has 0 aromatic heterocycles. The van der Waals surface area contributed by atoms with Crippen LogP contribution >= 0.6 is 0 Å². The Kier molecular flexibility index (Phi) is 2.77. The van der Waals surface area contributed by atoms with Crippen LogP contribution in [0.4, 0.5) is 0 Å². The zero-order valence-electron chi connectivity index (χ0n) is 6.04. The minimum atomic E-state index is -1.79. The molecule has 0 spiro atoms. The van der Waals surface area contributed by atoms with Crippen LogP contribution in [-0.4, -0.2) is 17.4 Å². The van der Waals surface area contributed by atoms with Gasteiger partial charge in [0.2, 0.25) is 11.8 Å². The summed E-state index contributed by atoms with van der Waals surface area (Å²) < 4.78 is 0. The van der Waals surface area contributed by atoms with E-state index in [-0.39, 0.29) is 6.42 Å². The first kappa shape index (κ1) is 9.64. The molecular formula is C6H11N3O2. The van der Waals surface area contributed by atoms with Crippen molar-refractivity contribution in [2.75, 3.05) is 0 Å². The van der Waals surface area contributed by atoms with E-state index in [4.69, 9.17) is 17.2 Å². The van der Waals surface area contributed by atoms with Crippen LogP contribution in [0.25, 0.3) is 0 Å². The molecule has 0 saturated heterocycles. The van der Waals surface area contributed by atoms with Crippen LogP contribution in [0.5, 0.6) is 0 Å². The highest BCUT2D eigenvalue weighted by Crippen LogP contribution is 2.04. The molecule has 11 heavy (non-hydrogen) atoms. The van der Waals surface area contributed by atoms with E-state index in [1.807, 2.05) is 0 Å². The van der Waals surface area contributed by atoms with E-state index in [0.717, 1.165) is 0 Å². The Morgan fingerprint density at radius 3 is 1.82 bits per heavy atom. The van der Waals surface area contributed by atoms with E-state index in [1.165, 1.54) is 6.08 Å². The number of rotatable bonds is 4. The van der Waals surface area contributed by atoms with Crippen molar-refractivity contribution in [3.63, 3.8) is 0 Å². The van der Waals surface area contributed by atoms with E-state index in [0.29, 0.717) is 0 Å². The van der Waals surface area contributed by atoms with Gasteiger partial charge in [-0.05, 0) is 0 Å². The first-order valence-electron chi connectivity index (χ1n) is 2.94. The largest absolute Gasteiger partial charge is 0.368 e. The standard InChI is InChI=1S/C6H11N3O2/c1-2-3-6(9,4(7)10)5(8)11/h2H,1,3,9H2,(H2,7,10)(H2,8,11). The number of hydrogen-bond donors (Lipinski definition) is 3. The number of primary amides is 2. The number of carbonyl (C=O) groups excluding carboxylic acids is 2. The smallest absolute Gasteiger partial charge is 0.247 e. The summed E-state index contributed by atoms with van der Waals surface area (Å²) in [5, 5.41) is 0. The quantitative estimate of drug-likeness (QED) is 0.331. The van der Waals surface area contributed by atoms with Gasteiger partial charge in [0.1, 0.15) is 0 Å². The highest BCUT2D eigenvalue weighted by atomic mass is 16.2. The molecule has 6 N–H and O–H groups in total. The van der Waals surface area contributed by atoms with Gasteiger partial charge in [-0.3, -0.25) is 9.59 Å². The van der Waals surface area contributed by atoms with Gasteiger partial charge in [0.05, 0.1) is 0 Å². The summed E-state index contributed by atoms with van der Waals surface area (Å²) in [4.78, 5) is 21.2. The molecule has 62 valence electrons. The van der Waals surface area contributed by atoms with Crippen LogP contribution in [0.1, 0.15) is 6.42 Å². The molecule has 0 rings (SSSR count). The third-order valence-electron chi connectivity index (χ3n) is 1.35. The lowest BCUT2D eigenvalue weighted by Gasteiger charge is -2.19. The number of amides is 2. The van der Waals surface area contributed by atoms with Gasteiger partial charge in [0, 0.05) is 6.42 Å². The Bertz CT molecular complexity index is 186. The molecule has 0 atom stereocenters. The lowest BCUT2D eigenvalue weighted by molar-refractivity contribution is -0.133. The predicted octanol–water partition coefficient (Wildman–Crippen LogP) is -1.77. The van der Waals surface area contributed by atoms with Crippen molar-refractivity contribution in [2.45, 2.75) is 12.0 Å². The minimum Gasteiger partial charge on any atom is -0.368 e. The third-order valence-corrected chi connectivity index (χ3v) is 1.35. The van der Waals surface area contributed by atoms with E-state index < -0.39 is 17.4 Å². The van der Waals surface area contributed by atoms with Crippen molar-refractivity contribution in [2.24, 2.45) is 17.2 Å². The Morgan fingerprint density at radius 2 is 1.73 bits per heavy atom. The molecular weight excluding hydrogens is 146 g/mol. The first-order chi connectivity index (χ1) is 4.95. The first-order valence-corrected chi connectivity index (χ1v) is 2.94. The summed E-state index contributed by atoms with van der Waals surface area (Å²) in [6.07, 6.45) is 1.27. The summed E-state index contributed by atoms with van der Waals surface area (Å²) in [7, 11) is 0. The van der Waals surface area contributed by atoms with Gasteiger partial charge in [0.15, 0.2) is 5.54 Å². The molecule has 2 amide bonds. The van der Waals surface area contributed by atoms with Crippen molar-refractivity contribution in [3.8, 4) is 0 Å². The van der Waals surface area contributed by atoms with Crippen molar-refractivity contribution in [1.82, 2.24) is 0 Å². The average Bonchev–Trinajstić information content (AvgIpc) is 1.87. The zero-order chi connectivity index (χ0) is 9.07. The van der Waals surface area contributed by atoms with Crippen LogP contribution < -0.4 is 17.2 Å². The lowest BCUT2D eigenvalue weighted by Crippen LogP contribution is -2.60. The SMILES string of the molecule is C=CCC(N)(C(N)=O)C(N)=O. The lowest BCUT2D eigenvalue weighted by atomic mass is 9.95. The van der Waals surface area contributed by atoms with Crippen molar-refractivity contribution < 1.29 is 9.59 Å². The fourth-order valence-corrected chi connectivity index (χ4v) is 0.550. The molecule has 0 aliphatic heterocycles. The summed E-state index contributed by atoms with van der Waals surface area (Å²) in [6.45, 7) is 3.31. The normalized spacial score (nSPS) is 10.6. The van der Waals surface area contributed by atoms with Crippen molar-refractivity contribution in [3.05, 3.63) is 12.7 Å². The van der Waals surface area contributed by atoms with E-state index in [1.54, 1.807) is 0 Å². The molecule has 5 nitrogen and oxygen atoms in total. The van der Waals surface area contributed by atoms with E-state index >= 15 is 0 Å². The Morgan fingerprint density at radius 1 is 1.36 bits per heavy atom. The van der Waals surface area contributed by atoms with Crippen LogP contribution in [0.2, 0.25) is 0 Å². The van der Waals surface area contributed by atoms with Gasteiger partial charge in [-0.1, -0.05) is 6.08 Å². The Hall–Kier alpha value is -1.36. The second-order valence-electron chi connectivity index (χ2n) is 2.19. The molecule has 0 aliphatic rings. The molecule has 0 bridgehead atoms. The number of hydrogen-bond acceptors (Lipinski definition) is 3. The van der Waals surface area contributed by atoms with Gasteiger partial charge in [0.25, 0.3) is 0 Å². The highest BCUT2D eigenvalue weighted by Gasteiger charge is 2.36. The summed E-state index contributed by atoms with van der Waals surface area (Å²) in [5.41, 5.74) is 13.2. The van der Waals surface area contributed by atoms with Gasteiger partial charge in [-0.2, -0.15) is 0 Å². The highest BCUT2D eigenvalue weighted by molar-refractivity contribution is 6.08. The molecule has 0 fully saturated rings. The Labute approximate surface area is 64.2 Å². The average molecular weight is 157 g/mol. The van der Waals surface area contributed by atoms with Crippen molar-refractivity contribution >= 4 is 11.8 Å². The van der Waals surface area contributed by atoms with Crippen LogP contribution in [0.15, 0.2) is 12.7 Å². The van der Waals surface area contributed by atoms with Gasteiger partial charge >= 0.3 is 0 Å². The molecule has 0 saturated carbocycles. The predicted molar refractivity (Wildman–Crippen MR) is 40.1 cm³/mol. The second-order valence-corrected chi connectivity index (χ2v) is 2.19. The topological polar surface area (TPSA) is 112 Å². The maximum Gasteiger partial charge on any atom is 0.247 e. The van der Waals surface area contributed by atoms with Crippen LogP contribution in [0.3, 0.4) is 0 Å². The number of nitrogens with two attached hydrogens (primary N) is 3. The summed E-state index contributed by atoms with van der Waals surface area (Å²) >= 11 is 0. The van der Waals surface area contributed by atoms with Crippen LogP contribution in [-0.2, 0) is 9.59 Å². The second kappa shape index (κ2) is 3.16. The molecule has 0 aliphatic carbocycles. The number of carbonyl (C=O) groups is 2. The molecule has 0 aromatic rings. The van der Waals surface area contributed by atoms with E-state index in [9.17, 15) is 9.59 Å². The monoisotopic (exact) mass is 157 g/mol. The summed E-state index contributed by atoms with van der Waals surface area (Å²) in [5.74, 6) is -1.88. The molecule has 0 radical (unpaired) electrons. The molecule has 0 aromatic carbocycles. The molecule has 5 heteroatoms. The van der Waals surface area contributed by atoms with Crippen molar-refractivity contribution in [1.29, 1.82) is 0 Å². The zero-order valence-corrected chi connectivity index (χ0v) is 6.04. The maximum absolute atomic E-state index is 10.6. The van der Waals surface area contributed by atoms with Gasteiger partial charge in [-0.25, -0.2) is 0 Å². The van der Waals surface area contributed by atoms with Gasteiger partial charge in [-0.15, -0.1) is 6.58 Å². The molecule has 0 unspecified atom stereocenters. The maximum atomic E-state index is 10.6. The summed E-state index contributed by atoms with van der Waals surface area (Å²) in [6, 6.07) is 0. The van der Waals surface area contributed by atoms with Crippen LogP contribution in [0, 0.1) is 0 Å². The third kappa shape index (κ3) is 1.78. The molecule has 0 heterocycles. The fourth-order valence-electron chi connectivity index (χ4n) is 0.550.